The maximum Gasteiger partial charge on any atom is 0.262 e. The van der Waals surface area contributed by atoms with Crippen molar-refractivity contribution in [3.63, 3.8) is 0 Å². The van der Waals surface area contributed by atoms with E-state index in [2.05, 4.69) is 23.8 Å². The van der Waals surface area contributed by atoms with E-state index >= 15 is 0 Å². The fourth-order valence-electron chi connectivity index (χ4n) is 3.38. The third kappa shape index (κ3) is 3.80. The number of thiazole rings is 1. The molecule has 0 aliphatic heterocycles. The van der Waals surface area contributed by atoms with Crippen molar-refractivity contribution in [2.24, 2.45) is 0 Å². The Morgan fingerprint density at radius 2 is 2.00 bits per heavy atom. The maximum absolute atomic E-state index is 12.9. The molecule has 0 spiro atoms. The highest BCUT2D eigenvalue weighted by Crippen LogP contribution is 2.32. The van der Waals surface area contributed by atoms with E-state index in [4.69, 9.17) is 0 Å². The lowest BCUT2D eigenvalue weighted by Crippen LogP contribution is -2.24. The molecular weight excluding hydrogens is 416 g/mol. The molecule has 0 radical (unpaired) electrons. The standard InChI is InChI=1S/C22H22N4O2S2/c1-4-15-8-6-7-9-19(15)26(14(3)27)22-24-16(12-29-22)11-25-13-23-20-18(21(25)28)10-17(5-2)30-20/h6-10,12-13H,4-5,11H2,1-3H3. The number of para-hydroxylation sites is 1. The molecular formula is C22H22N4O2S2. The molecule has 3 heterocycles. The highest BCUT2D eigenvalue weighted by Gasteiger charge is 2.20. The fourth-order valence-corrected chi connectivity index (χ4v) is 5.17. The third-order valence-corrected chi connectivity index (χ3v) is 6.97. The van der Waals surface area contributed by atoms with Crippen LogP contribution < -0.4 is 10.5 Å². The van der Waals surface area contributed by atoms with Crippen molar-refractivity contribution in [1.29, 1.82) is 0 Å². The molecule has 0 aliphatic rings. The van der Waals surface area contributed by atoms with Gasteiger partial charge in [-0.3, -0.25) is 19.1 Å². The Balaban J connectivity index is 1.67. The number of carbonyl (C=O) groups excluding carboxylic acids is 1. The zero-order chi connectivity index (χ0) is 21.3. The van der Waals surface area contributed by atoms with Crippen LogP contribution in [0, 0.1) is 0 Å². The van der Waals surface area contributed by atoms with E-state index in [0.29, 0.717) is 17.1 Å². The number of hydrogen-bond donors (Lipinski definition) is 0. The van der Waals surface area contributed by atoms with Crippen molar-refractivity contribution in [2.75, 3.05) is 4.90 Å². The summed E-state index contributed by atoms with van der Waals surface area (Å²) >= 11 is 2.95. The molecule has 0 saturated carbocycles. The van der Waals surface area contributed by atoms with Gasteiger partial charge >= 0.3 is 0 Å². The van der Waals surface area contributed by atoms with Gasteiger partial charge in [0.25, 0.3) is 5.56 Å². The second kappa shape index (κ2) is 8.49. The van der Waals surface area contributed by atoms with Crippen LogP contribution in [-0.4, -0.2) is 20.4 Å². The molecule has 1 aromatic carbocycles. The van der Waals surface area contributed by atoms with Crippen molar-refractivity contribution in [3.8, 4) is 0 Å². The Kier molecular flexibility index (Phi) is 5.78. The Labute approximate surface area is 182 Å². The van der Waals surface area contributed by atoms with E-state index in [1.807, 2.05) is 35.7 Å². The third-order valence-electron chi connectivity index (χ3n) is 4.91. The molecule has 0 atom stereocenters. The first-order valence-electron chi connectivity index (χ1n) is 9.82. The molecule has 30 heavy (non-hydrogen) atoms. The smallest absolute Gasteiger partial charge is 0.262 e. The lowest BCUT2D eigenvalue weighted by Gasteiger charge is -2.21. The number of aromatic nitrogens is 3. The Hall–Kier alpha value is -2.84. The number of anilines is 2. The van der Waals surface area contributed by atoms with E-state index in [1.165, 1.54) is 18.3 Å². The molecule has 0 bridgehead atoms. The highest BCUT2D eigenvalue weighted by atomic mass is 32.1. The molecule has 154 valence electrons. The van der Waals surface area contributed by atoms with Crippen LogP contribution in [0.25, 0.3) is 10.2 Å². The van der Waals surface area contributed by atoms with Gasteiger partial charge in [-0.25, -0.2) is 9.97 Å². The summed E-state index contributed by atoms with van der Waals surface area (Å²) in [5.41, 5.74) is 2.59. The van der Waals surface area contributed by atoms with E-state index in [1.54, 1.807) is 27.1 Å². The van der Waals surface area contributed by atoms with Gasteiger partial charge < -0.3 is 0 Å². The summed E-state index contributed by atoms with van der Waals surface area (Å²) in [5, 5.41) is 3.14. The van der Waals surface area contributed by atoms with Crippen LogP contribution in [0.3, 0.4) is 0 Å². The number of fused-ring (bicyclic) bond motifs is 1. The van der Waals surface area contributed by atoms with Gasteiger partial charge in [0.1, 0.15) is 4.83 Å². The van der Waals surface area contributed by atoms with Gasteiger partial charge in [0.2, 0.25) is 5.91 Å². The van der Waals surface area contributed by atoms with Crippen molar-refractivity contribution in [2.45, 2.75) is 40.2 Å². The van der Waals surface area contributed by atoms with Crippen LogP contribution in [-0.2, 0) is 24.2 Å². The molecule has 0 fully saturated rings. The largest absolute Gasteiger partial charge is 0.293 e. The minimum atomic E-state index is -0.0950. The van der Waals surface area contributed by atoms with Crippen LogP contribution in [0.4, 0.5) is 10.8 Å². The van der Waals surface area contributed by atoms with Gasteiger partial charge in [0, 0.05) is 17.2 Å². The van der Waals surface area contributed by atoms with Gasteiger partial charge in [0.15, 0.2) is 5.13 Å². The Morgan fingerprint density at radius 3 is 2.73 bits per heavy atom. The monoisotopic (exact) mass is 438 g/mol. The van der Waals surface area contributed by atoms with Gasteiger partial charge in [-0.2, -0.15) is 0 Å². The predicted molar refractivity (Wildman–Crippen MR) is 123 cm³/mol. The number of amides is 1. The molecule has 6 nitrogen and oxygen atoms in total. The van der Waals surface area contributed by atoms with E-state index < -0.39 is 0 Å². The molecule has 4 aromatic rings. The summed E-state index contributed by atoms with van der Waals surface area (Å²) in [5.74, 6) is -0.0950. The SMILES string of the molecule is CCc1cc2c(=O)n(Cc3csc(N(C(C)=O)c4ccccc4CC)n3)cnc2s1. The molecule has 0 aliphatic carbocycles. The number of rotatable bonds is 6. The highest BCUT2D eigenvalue weighted by molar-refractivity contribution is 7.18. The molecule has 0 N–H and O–H groups in total. The normalized spacial score (nSPS) is 11.2. The zero-order valence-electron chi connectivity index (χ0n) is 17.1. The fraction of sp³-hybridized carbons (Fsp3) is 0.273. The van der Waals surface area contributed by atoms with Crippen molar-refractivity contribution in [1.82, 2.24) is 14.5 Å². The van der Waals surface area contributed by atoms with E-state index in [9.17, 15) is 9.59 Å². The summed E-state index contributed by atoms with van der Waals surface area (Å²) in [6.45, 7) is 5.99. The number of aryl methyl sites for hydroxylation is 2. The minimum absolute atomic E-state index is 0.0646. The van der Waals surface area contributed by atoms with Crippen LogP contribution in [0.5, 0.6) is 0 Å². The van der Waals surface area contributed by atoms with E-state index in [-0.39, 0.29) is 11.5 Å². The second-order valence-electron chi connectivity index (χ2n) is 6.92. The summed E-state index contributed by atoms with van der Waals surface area (Å²) in [7, 11) is 0. The lowest BCUT2D eigenvalue weighted by atomic mass is 10.1. The summed E-state index contributed by atoms with van der Waals surface area (Å²) in [6.07, 6.45) is 3.28. The molecule has 1 amide bonds. The van der Waals surface area contributed by atoms with Gasteiger partial charge in [0.05, 0.1) is 29.6 Å². The molecule has 0 saturated heterocycles. The van der Waals surface area contributed by atoms with Crippen LogP contribution in [0.2, 0.25) is 0 Å². The summed E-state index contributed by atoms with van der Waals surface area (Å²) in [6, 6.07) is 9.78. The number of thiophene rings is 1. The van der Waals surface area contributed by atoms with E-state index in [0.717, 1.165) is 39.5 Å². The van der Waals surface area contributed by atoms with Crippen molar-refractivity contribution in [3.05, 3.63) is 68.5 Å². The van der Waals surface area contributed by atoms with Gasteiger partial charge in [-0.15, -0.1) is 22.7 Å². The number of nitrogens with zero attached hydrogens (tertiary/aromatic N) is 4. The quantitative estimate of drug-likeness (QED) is 0.435. The van der Waals surface area contributed by atoms with Crippen molar-refractivity contribution >= 4 is 49.6 Å². The average molecular weight is 439 g/mol. The van der Waals surface area contributed by atoms with Crippen LogP contribution in [0.1, 0.15) is 36.9 Å². The summed E-state index contributed by atoms with van der Waals surface area (Å²) < 4.78 is 1.57. The lowest BCUT2D eigenvalue weighted by molar-refractivity contribution is -0.115. The Bertz CT molecular complexity index is 1270. The average Bonchev–Trinajstić information content (AvgIpc) is 3.38. The van der Waals surface area contributed by atoms with Crippen LogP contribution >= 0.6 is 22.7 Å². The summed E-state index contributed by atoms with van der Waals surface area (Å²) in [4.78, 5) is 38.0. The van der Waals surface area contributed by atoms with Crippen LogP contribution in [0.15, 0.2) is 46.8 Å². The number of carbonyl (C=O) groups is 1. The molecule has 0 unspecified atom stereocenters. The zero-order valence-corrected chi connectivity index (χ0v) is 18.7. The molecule has 8 heteroatoms. The number of benzene rings is 1. The van der Waals surface area contributed by atoms with Gasteiger partial charge in [-0.1, -0.05) is 32.0 Å². The second-order valence-corrected chi connectivity index (χ2v) is 8.87. The molecule has 3 aromatic heterocycles. The van der Waals surface area contributed by atoms with Crippen molar-refractivity contribution < 1.29 is 4.79 Å². The number of hydrogen-bond acceptors (Lipinski definition) is 6. The topological polar surface area (TPSA) is 68.1 Å². The maximum atomic E-state index is 12.9. The first-order chi connectivity index (χ1) is 14.5. The minimum Gasteiger partial charge on any atom is -0.293 e. The van der Waals surface area contributed by atoms with Gasteiger partial charge in [-0.05, 0) is 30.5 Å². The first-order valence-corrected chi connectivity index (χ1v) is 11.5. The Morgan fingerprint density at radius 1 is 1.20 bits per heavy atom. The first kappa shape index (κ1) is 20.4. The predicted octanol–water partition coefficient (Wildman–Crippen LogP) is 4.77. The molecule has 4 rings (SSSR count).